The van der Waals surface area contributed by atoms with E-state index < -0.39 is 5.79 Å². The van der Waals surface area contributed by atoms with Gasteiger partial charge < -0.3 is 25.4 Å². The highest BCUT2D eigenvalue weighted by Gasteiger charge is 2.41. The van der Waals surface area contributed by atoms with Gasteiger partial charge in [-0.1, -0.05) is 0 Å². The maximum atomic E-state index is 10.2. The van der Waals surface area contributed by atoms with E-state index in [0.717, 1.165) is 25.7 Å². The third-order valence-corrected chi connectivity index (χ3v) is 3.66. The van der Waals surface area contributed by atoms with E-state index in [0.29, 0.717) is 19.4 Å². The molecule has 17 heavy (non-hydrogen) atoms. The third-order valence-electron chi connectivity index (χ3n) is 3.66. The van der Waals surface area contributed by atoms with Crippen molar-refractivity contribution >= 4 is 0 Å². The molecule has 2 aliphatic rings. The Morgan fingerprint density at radius 2 is 1.82 bits per heavy atom. The van der Waals surface area contributed by atoms with E-state index in [9.17, 15) is 5.11 Å². The lowest BCUT2D eigenvalue weighted by molar-refractivity contribution is -0.241. The summed E-state index contributed by atoms with van der Waals surface area (Å²) in [4.78, 5) is 0. The van der Waals surface area contributed by atoms with Crippen molar-refractivity contribution in [2.75, 3.05) is 13.2 Å². The van der Waals surface area contributed by atoms with Crippen LogP contribution in [0.25, 0.3) is 0 Å². The Kier molecular flexibility index (Phi) is 4.38. The number of rotatable bonds is 5. The minimum Gasteiger partial charge on any atom is -0.394 e. The van der Waals surface area contributed by atoms with E-state index in [2.05, 4.69) is 0 Å². The molecular weight excluding hydrogens is 222 g/mol. The second kappa shape index (κ2) is 5.63. The molecule has 2 saturated carbocycles. The minimum absolute atomic E-state index is 0.00270. The zero-order chi connectivity index (χ0) is 12.3. The largest absolute Gasteiger partial charge is 0.394 e. The number of ether oxygens (including phenoxy) is 2. The van der Waals surface area contributed by atoms with Crippen LogP contribution in [0.3, 0.4) is 0 Å². The highest BCUT2D eigenvalue weighted by Crippen LogP contribution is 2.35. The molecule has 0 bridgehead atoms. The van der Waals surface area contributed by atoms with Gasteiger partial charge in [-0.3, -0.25) is 0 Å². The highest BCUT2D eigenvalue weighted by molar-refractivity contribution is 4.90. The molecule has 0 aromatic rings. The Morgan fingerprint density at radius 3 is 2.47 bits per heavy atom. The Hall–Kier alpha value is -0.200. The van der Waals surface area contributed by atoms with Crippen molar-refractivity contribution in [3.05, 3.63) is 0 Å². The Bertz CT molecular complexity index is 243. The van der Waals surface area contributed by atoms with Gasteiger partial charge in [0.05, 0.1) is 25.4 Å². The van der Waals surface area contributed by atoms with Crippen LogP contribution < -0.4 is 5.73 Å². The zero-order valence-corrected chi connectivity index (χ0v) is 10.2. The number of hydrogen-bond acceptors (Lipinski definition) is 5. The standard InChI is InChI=1S/C12H23NO4/c13-9-7-10(16-6-5-14)11(8-9)17-12(15)3-1-2-4-12/h9-11,14-15H,1-8,13H2. The van der Waals surface area contributed by atoms with Crippen molar-refractivity contribution in [3.8, 4) is 0 Å². The summed E-state index contributed by atoms with van der Waals surface area (Å²) >= 11 is 0. The van der Waals surface area contributed by atoms with E-state index in [4.69, 9.17) is 20.3 Å². The molecule has 5 nitrogen and oxygen atoms in total. The van der Waals surface area contributed by atoms with Crippen molar-refractivity contribution in [3.63, 3.8) is 0 Å². The predicted octanol–water partition coefficient (Wildman–Crippen LogP) is 0.133. The third kappa shape index (κ3) is 3.39. The molecule has 0 aliphatic heterocycles. The quantitative estimate of drug-likeness (QED) is 0.600. The maximum Gasteiger partial charge on any atom is 0.165 e. The normalized spacial score (nSPS) is 36.5. The molecule has 0 aromatic heterocycles. The van der Waals surface area contributed by atoms with Gasteiger partial charge in [0.15, 0.2) is 5.79 Å². The van der Waals surface area contributed by atoms with Crippen molar-refractivity contribution in [2.45, 2.75) is 62.6 Å². The minimum atomic E-state index is -0.977. The maximum absolute atomic E-state index is 10.2. The van der Waals surface area contributed by atoms with Crippen LogP contribution in [-0.2, 0) is 9.47 Å². The monoisotopic (exact) mass is 245 g/mol. The van der Waals surface area contributed by atoms with Gasteiger partial charge in [-0.2, -0.15) is 0 Å². The molecule has 3 unspecified atom stereocenters. The summed E-state index contributed by atoms with van der Waals surface area (Å²) in [6, 6.07) is 0.0636. The smallest absolute Gasteiger partial charge is 0.165 e. The van der Waals surface area contributed by atoms with Crippen molar-refractivity contribution in [2.24, 2.45) is 5.73 Å². The van der Waals surface area contributed by atoms with Crippen molar-refractivity contribution in [1.82, 2.24) is 0 Å². The molecule has 0 saturated heterocycles. The number of aliphatic hydroxyl groups excluding tert-OH is 1. The average Bonchev–Trinajstić information content (AvgIpc) is 2.83. The fourth-order valence-electron chi connectivity index (χ4n) is 2.83. The van der Waals surface area contributed by atoms with Crippen molar-refractivity contribution in [1.29, 1.82) is 0 Å². The van der Waals surface area contributed by atoms with E-state index in [-0.39, 0.29) is 24.9 Å². The molecule has 0 aromatic carbocycles. The van der Waals surface area contributed by atoms with Crippen LogP contribution in [0.5, 0.6) is 0 Å². The van der Waals surface area contributed by atoms with E-state index >= 15 is 0 Å². The van der Waals surface area contributed by atoms with Gasteiger partial charge in [0.2, 0.25) is 0 Å². The second-order valence-corrected chi connectivity index (χ2v) is 5.17. The van der Waals surface area contributed by atoms with E-state index in [1.54, 1.807) is 0 Å². The van der Waals surface area contributed by atoms with Gasteiger partial charge in [0, 0.05) is 18.9 Å². The summed E-state index contributed by atoms with van der Waals surface area (Å²) in [5.74, 6) is -0.977. The lowest BCUT2D eigenvalue weighted by Gasteiger charge is -2.30. The van der Waals surface area contributed by atoms with Crippen LogP contribution in [0.4, 0.5) is 0 Å². The zero-order valence-electron chi connectivity index (χ0n) is 10.2. The average molecular weight is 245 g/mol. The molecule has 2 aliphatic carbocycles. The molecule has 2 rings (SSSR count). The molecule has 3 atom stereocenters. The van der Waals surface area contributed by atoms with Gasteiger partial charge in [-0.25, -0.2) is 0 Å². The van der Waals surface area contributed by atoms with Gasteiger partial charge in [-0.15, -0.1) is 0 Å². The molecule has 2 fully saturated rings. The Morgan fingerprint density at radius 1 is 1.18 bits per heavy atom. The van der Waals surface area contributed by atoms with E-state index in [1.165, 1.54) is 0 Å². The fourth-order valence-corrected chi connectivity index (χ4v) is 2.83. The Balaban J connectivity index is 1.88. The molecule has 100 valence electrons. The van der Waals surface area contributed by atoms with Crippen LogP contribution in [0.1, 0.15) is 38.5 Å². The molecule has 5 heteroatoms. The predicted molar refractivity (Wildman–Crippen MR) is 62.3 cm³/mol. The summed E-state index contributed by atoms with van der Waals surface area (Å²) in [7, 11) is 0. The summed E-state index contributed by atoms with van der Waals surface area (Å²) in [5.41, 5.74) is 5.90. The first kappa shape index (κ1) is 13.2. The highest BCUT2D eigenvalue weighted by atomic mass is 16.6. The molecular formula is C12H23NO4. The van der Waals surface area contributed by atoms with Crippen LogP contribution in [-0.4, -0.2) is 47.5 Å². The number of nitrogens with two attached hydrogens (primary N) is 1. The van der Waals surface area contributed by atoms with Crippen LogP contribution in [0.15, 0.2) is 0 Å². The van der Waals surface area contributed by atoms with Crippen LogP contribution in [0.2, 0.25) is 0 Å². The molecule has 0 spiro atoms. The van der Waals surface area contributed by atoms with Crippen LogP contribution >= 0.6 is 0 Å². The lowest BCUT2D eigenvalue weighted by atomic mass is 10.2. The molecule has 0 amide bonds. The summed E-state index contributed by atoms with van der Waals surface area (Å²) in [5, 5.41) is 19.0. The fraction of sp³-hybridized carbons (Fsp3) is 1.00. The SMILES string of the molecule is NC1CC(OCCO)C(OC2(O)CCCC2)C1. The van der Waals surface area contributed by atoms with Gasteiger partial charge in [-0.05, 0) is 25.7 Å². The second-order valence-electron chi connectivity index (χ2n) is 5.17. The Labute approximate surface area is 102 Å². The lowest BCUT2D eigenvalue weighted by Crippen LogP contribution is -2.38. The first-order chi connectivity index (χ1) is 8.13. The van der Waals surface area contributed by atoms with Gasteiger partial charge in [0.25, 0.3) is 0 Å². The van der Waals surface area contributed by atoms with Crippen LogP contribution in [0, 0.1) is 0 Å². The topological polar surface area (TPSA) is 84.9 Å². The van der Waals surface area contributed by atoms with Crippen molar-refractivity contribution < 1.29 is 19.7 Å². The number of hydrogen-bond donors (Lipinski definition) is 3. The molecule has 0 heterocycles. The molecule has 0 radical (unpaired) electrons. The first-order valence-electron chi connectivity index (χ1n) is 6.51. The van der Waals surface area contributed by atoms with E-state index in [1.807, 2.05) is 0 Å². The molecule has 4 N–H and O–H groups in total. The first-order valence-corrected chi connectivity index (χ1v) is 6.51. The van der Waals surface area contributed by atoms with Gasteiger partial charge in [0.1, 0.15) is 0 Å². The van der Waals surface area contributed by atoms with Gasteiger partial charge >= 0.3 is 0 Å². The summed E-state index contributed by atoms with van der Waals surface area (Å²) in [6.45, 7) is 0.304. The summed E-state index contributed by atoms with van der Waals surface area (Å²) < 4.78 is 11.3. The summed E-state index contributed by atoms with van der Waals surface area (Å²) in [6.07, 6.45) is 4.65. The number of aliphatic hydroxyl groups is 2.